The van der Waals surface area contributed by atoms with Gasteiger partial charge >= 0.3 is 0 Å². The van der Waals surface area contributed by atoms with Crippen molar-refractivity contribution in [2.24, 2.45) is 0 Å². The number of nitrogens with zero attached hydrogens (tertiary/aromatic N) is 2. The summed E-state index contributed by atoms with van der Waals surface area (Å²) in [6, 6.07) is 13.4. The molecule has 2 rings (SSSR count). The Balaban J connectivity index is 2.19. The molecule has 1 N–H and O–H groups in total. The van der Waals surface area contributed by atoms with Gasteiger partial charge in [0, 0.05) is 31.1 Å². The average molecular weight is 538 g/mol. The molecule has 0 heterocycles. The second-order valence-corrected chi connectivity index (χ2v) is 10.8. The highest BCUT2D eigenvalue weighted by molar-refractivity contribution is 7.92. The molecule has 0 saturated carbocycles. The predicted octanol–water partition coefficient (Wildman–Crippen LogP) is 4.23. The summed E-state index contributed by atoms with van der Waals surface area (Å²) in [7, 11) is -3.62. The van der Waals surface area contributed by atoms with Crippen LogP contribution in [0.4, 0.5) is 5.69 Å². The van der Waals surface area contributed by atoms with E-state index in [1.54, 1.807) is 49.4 Å². The number of anilines is 1. The molecular formula is C26H36ClN3O5S. The molecule has 10 heteroatoms. The monoisotopic (exact) mass is 537 g/mol. The second-order valence-electron chi connectivity index (χ2n) is 8.46. The molecule has 8 nitrogen and oxygen atoms in total. The van der Waals surface area contributed by atoms with Gasteiger partial charge in [-0.25, -0.2) is 8.42 Å². The summed E-state index contributed by atoms with van der Waals surface area (Å²) in [5.74, 6) is -0.0307. The van der Waals surface area contributed by atoms with Crippen molar-refractivity contribution >= 4 is 39.1 Å². The Morgan fingerprint density at radius 1 is 1.11 bits per heavy atom. The summed E-state index contributed by atoms with van der Waals surface area (Å²) in [5, 5.41) is 3.38. The Bertz CT molecular complexity index is 1130. The van der Waals surface area contributed by atoms with Crippen molar-refractivity contribution in [1.82, 2.24) is 10.2 Å². The Morgan fingerprint density at radius 2 is 1.83 bits per heavy atom. The highest BCUT2D eigenvalue weighted by Gasteiger charge is 2.27. The molecule has 198 valence electrons. The van der Waals surface area contributed by atoms with Crippen LogP contribution in [0.15, 0.2) is 48.5 Å². The Labute approximate surface area is 219 Å². The number of carbonyl (C=O) groups excluding carboxylic acids is 2. The Morgan fingerprint density at radius 3 is 2.47 bits per heavy atom. The van der Waals surface area contributed by atoms with Crippen molar-refractivity contribution in [3.63, 3.8) is 0 Å². The largest absolute Gasteiger partial charge is 0.492 e. The van der Waals surface area contributed by atoms with Crippen LogP contribution in [-0.4, -0.2) is 57.1 Å². The predicted molar refractivity (Wildman–Crippen MR) is 144 cm³/mol. The first-order valence-electron chi connectivity index (χ1n) is 12.1. The van der Waals surface area contributed by atoms with E-state index < -0.39 is 16.1 Å². The normalized spacial score (nSPS) is 12.0. The fraction of sp³-hybridized carbons (Fsp3) is 0.462. The summed E-state index contributed by atoms with van der Waals surface area (Å²) in [6.07, 6.45) is 2.24. The first-order chi connectivity index (χ1) is 17.1. The molecule has 0 bridgehead atoms. The number of ether oxygens (including phenoxy) is 1. The summed E-state index contributed by atoms with van der Waals surface area (Å²) < 4.78 is 32.0. The zero-order chi connectivity index (χ0) is 26.7. The van der Waals surface area contributed by atoms with Gasteiger partial charge in [-0.3, -0.25) is 13.9 Å². The first-order valence-corrected chi connectivity index (χ1v) is 14.3. The fourth-order valence-electron chi connectivity index (χ4n) is 3.73. The lowest BCUT2D eigenvalue weighted by Crippen LogP contribution is -2.47. The highest BCUT2D eigenvalue weighted by Crippen LogP contribution is 2.30. The Kier molecular flexibility index (Phi) is 11.5. The number of hydrogen-bond donors (Lipinski definition) is 1. The van der Waals surface area contributed by atoms with Gasteiger partial charge in [-0.15, -0.1) is 0 Å². The van der Waals surface area contributed by atoms with Crippen LogP contribution in [0.25, 0.3) is 0 Å². The maximum absolute atomic E-state index is 13.3. The van der Waals surface area contributed by atoms with Gasteiger partial charge in [0.05, 0.1) is 18.6 Å². The van der Waals surface area contributed by atoms with Crippen LogP contribution in [0.5, 0.6) is 5.75 Å². The van der Waals surface area contributed by atoms with E-state index in [2.05, 4.69) is 5.32 Å². The van der Waals surface area contributed by atoms with Crippen molar-refractivity contribution < 1.29 is 22.7 Å². The van der Waals surface area contributed by atoms with Crippen LogP contribution >= 0.6 is 11.6 Å². The number of benzene rings is 2. The van der Waals surface area contributed by atoms with Crippen LogP contribution in [0, 0.1) is 0 Å². The molecule has 0 saturated heterocycles. The molecule has 0 spiro atoms. The molecular weight excluding hydrogens is 502 g/mol. The van der Waals surface area contributed by atoms with E-state index in [9.17, 15) is 18.0 Å². The quantitative estimate of drug-likeness (QED) is 0.389. The number of nitrogens with one attached hydrogen (secondary N) is 1. The molecule has 0 fully saturated rings. The molecule has 0 aliphatic heterocycles. The van der Waals surface area contributed by atoms with Crippen LogP contribution in [-0.2, 0) is 26.2 Å². The van der Waals surface area contributed by atoms with Crippen LogP contribution in [0.3, 0.4) is 0 Å². The van der Waals surface area contributed by atoms with Crippen molar-refractivity contribution in [1.29, 1.82) is 0 Å². The van der Waals surface area contributed by atoms with Gasteiger partial charge in [-0.05, 0) is 56.5 Å². The topological polar surface area (TPSA) is 96.0 Å². The summed E-state index contributed by atoms with van der Waals surface area (Å²) in [4.78, 5) is 27.5. The molecule has 2 amide bonds. The zero-order valence-corrected chi connectivity index (χ0v) is 22.9. The second kappa shape index (κ2) is 14.1. The lowest BCUT2D eigenvalue weighted by Gasteiger charge is -2.29. The van der Waals surface area contributed by atoms with Gasteiger partial charge < -0.3 is 15.0 Å². The van der Waals surface area contributed by atoms with E-state index in [-0.39, 0.29) is 37.7 Å². The number of hydrogen-bond acceptors (Lipinski definition) is 5. The molecule has 0 aromatic heterocycles. The van der Waals surface area contributed by atoms with E-state index in [1.165, 1.54) is 9.21 Å². The summed E-state index contributed by atoms with van der Waals surface area (Å²) in [5.41, 5.74) is 1.23. The molecule has 0 aliphatic carbocycles. The SMILES string of the molecule is CCCNC(=O)[C@H](C)N(Cc1cccc(Cl)c1)C(=O)CCCN(c1ccccc1OCC)S(C)(=O)=O. The maximum atomic E-state index is 13.3. The van der Waals surface area contributed by atoms with Crippen molar-refractivity contribution in [2.75, 3.05) is 30.3 Å². The smallest absolute Gasteiger partial charge is 0.242 e. The number of halogens is 1. The van der Waals surface area contributed by atoms with Gasteiger partial charge in [-0.2, -0.15) is 0 Å². The van der Waals surface area contributed by atoms with Crippen molar-refractivity contribution in [3.05, 3.63) is 59.1 Å². The van der Waals surface area contributed by atoms with Crippen molar-refractivity contribution in [3.8, 4) is 5.75 Å². The minimum atomic E-state index is -3.62. The van der Waals surface area contributed by atoms with Gasteiger partial charge in [0.15, 0.2) is 0 Å². The number of carbonyl (C=O) groups is 2. The summed E-state index contributed by atoms with van der Waals surface area (Å²) in [6.45, 7) is 6.69. The van der Waals surface area contributed by atoms with E-state index >= 15 is 0 Å². The first kappa shape index (κ1) is 29.5. The molecule has 36 heavy (non-hydrogen) atoms. The average Bonchev–Trinajstić information content (AvgIpc) is 2.83. The molecule has 0 radical (unpaired) electrons. The lowest BCUT2D eigenvalue weighted by molar-refractivity contribution is -0.140. The van der Waals surface area contributed by atoms with Crippen molar-refractivity contribution in [2.45, 2.75) is 52.6 Å². The van der Waals surface area contributed by atoms with Crippen LogP contribution < -0.4 is 14.4 Å². The third kappa shape index (κ3) is 8.71. The summed E-state index contributed by atoms with van der Waals surface area (Å²) >= 11 is 6.12. The minimum Gasteiger partial charge on any atom is -0.492 e. The third-order valence-corrected chi connectivity index (χ3v) is 6.96. The van der Waals surface area contributed by atoms with Gasteiger partial charge in [0.1, 0.15) is 11.8 Å². The molecule has 0 unspecified atom stereocenters. The third-order valence-electron chi connectivity index (χ3n) is 5.54. The molecule has 1 atom stereocenters. The van der Waals surface area contributed by atoms with E-state index in [0.717, 1.165) is 18.2 Å². The number of para-hydroxylation sites is 2. The van der Waals surface area contributed by atoms with Crippen LogP contribution in [0.2, 0.25) is 5.02 Å². The highest BCUT2D eigenvalue weighted by atomic mass is 35.5. The zero-order valence-electron chi connectivity index (χ0n) is 21.4. The number of amides is 2. The van der Waals surface area contributed by atoms with Gasteiger partial charge in [0.25, 0.3) is 0 Å². The van der Waals surface area contributed by atoms with Crippen LogP contribution in [0.1, 0.15) is 45.6 Å². The lowest BCUT2D eigenvalue weighted by atomic mass is 10.1. The minimum absolute atomic E-state index is 0.0643. The van der Waals surface area contributed by atoms with E-state index in [1.807, 2.05) is 19.9 Å². The molecule has 2 aromatic rings. The standard InChI is InChI=1S/C26H36ClN3O5S/c1-5-16-28-26(32)20(3)29(19-21-11-9-12-22(27)18-21)25(31)15-10-17-30(36(4,33)34)23-13-7-8-14-24(23)35-6-2/h7-9,11-14,18,20H,5-6,10,15-17,19H2,1-4H3,(H,28,32)/t20-/m0/s1. The maximum Gasteiger partial charge on any atom is 0.242 e. The fourth-order valence-corrected chi connectivity index (χ4v) is 4.92. The Hall–Kier alpha value is -2.78. The van der Waals surface area contributed by atoms with E-state index in [0.29, 0.717) is 29.6 Å². The molecule has 0 aliphatic rings. The number of rotatable bonds is 14. The molecule has 2 aromatic carbocycles. The number of sulfonamides is 1. The van der Waals surface area contributed by atoms with Gasteiger partial charge in [-0.1, -0.05) is 42.8 Å². The van der Waals surface area contributed by atoms with Gasteiger partial charge in [0.2, 0.25) is 21.8 Å². The van der Waals surface area contributed by atoms with E-state index in [4.69, 9.17) is 16.3 Å².